The summed E-state index contributed by atoms with van der Waals surface area (Å²) < 4.78 is 29.5. The molecule has 1 N–H and O–H groups in total. The molecule has 0 amide bonds. The predicted molar refractivity (Wildman–Crippen MR) is 61.8 cm³/mol. The smallest absolute Gasteiger partial charge is 0.152 e. The quantitative estimate of drug-likeness (QED) is 0.832. The molecule has 1 aromatic carbocycles. The summed E-state index contributed by atoms with van der Waals surface area (Å²) >= 11 is 0. The van der Waals surface area contributed by atoms with E-state index in [9.17, 15) is 14.4 Å². The van der Waals surface area contributed by atoms with Gasteiger partial charge in [0.2, 0.25) is 0 Å². The van der Waals surface area contributed by atoms with Crippen LogP contribution < -0.4 is 4.74 Å². The fourth-order valence-electron chi connectivity index (χ4n) is 2.37. The molecular weight excluding hydrogens is 257 g/mol. The monoisotopic (exact) mass is 269 g/mol. The summed E-state index contributed by atoms with van der Waals surface area (Å²) in [6.07, 6.45) is -2.04. The van der Waals surface area contributed by atoms with Crippen molar-refractivity contribution in [3.63, 3.8) is 0 Å². The molecule has 19 heavy (non-hydrogen) atoms. The topological polar surface area (TPSA) is 77.4 Å². The summed E-state index contributed by atoms with van der Waals surface area (Å²) in [5, 5.41) is 12.4. The second-order valence-electron chi connectivity index (χ2n) is 4.52. The molecule has 4 unspecified atom stereocenters. The molecule has 2 heterocycles. The highest BCUT2D eigenvalue weighted by Crippen LogP contribution is 2.34. The molecule has 7 heteroatoms. The Balaban J connectivity index is 1.79. The summed E-state index contributed by atoms with van der Waals surface area (Å²) in [7, 11) is 0. The first-order chi connectivity index (χ1) is 9.19. The van der Waals surface area contributed by atoms with Crippen LogP contribution >= 0.6 is 0 Å². The predicted octanol–water partition coefficient (Wildman–Crippen LogP) is 1.13. The molecule has 3 rings (SSSR count). The van der Waals surface area contributed by atoms with E-state index < -0.39 is 30.2 Å². The molecule has 4 atom stereocenters. The van der Waals surface area contributed by atoms with Crippen LogP contribution in [-0.2, 0) is 9.47 Å². The molecular formula is C12H12FNO5. The Morgan fingerprint density at radius 3 is 2.89 bits per heavy atom. The van der Waals surface area contributed by atoms with Crippen molar-refractivity contribution < 1.29 is 23.7 Å². The van der Waals surface area contributed by atoms with Crippen molar-refractivity contribution in [1.29, 1.82) is 0 Å². The first-order valence-corrected chi connectivity index (χ1v) is 5.90. The number of hydrogen-bond donors (Lipinski definition) is 1. The highest BCUT2D eigenvalue weighted by molar-refractivity contribution is 5.51. The van der Waals surface area contributed by atoms with Crippen LogP contribution in [0.4, 0.5) is 10.1 Å². The highest BCUT2D eigenvalue weighted by Gasteiger charge is 2.48. The number of benzene rings is 1. The maximum Gasteiger partial charge on any atom is 0.152 e. The highest BCUT2D eigenvalue weighted by atomic mass is 19.1. The van der Waals surface area contributed by atoms with E-state index in [1.165, 1.54) is 6.07 Å². The van der Waals surface area contributed by atoms with E-state index in [2.05, 4.69) is 5.18 Å². The van der Waals surface area contributed by atoms with Gasteiger partial charge < -0.3 is 19.3 Å². The van der Waals surface area contributed by atoms with E-state index in [4.69, 9.17) is 14.2 Å². The number of ether oxygens (including phenoxy) is 3. The maximum atomic E-state index is 13.2. The third-order valence-electron chi connectivity index (χ3n) is 3.28. The van der Waals surface area contributed by atoms with Crippen LogP contribution in [-0.4, -0.2) is 42.7 Å². The number of fused-ring (bicyclic) bond motifs is 1. The van der Waals surface area contributed by atoms with E-state index in [0.29, 0.717) is 0 Å². The number of aliphatic hydroxyl groups is 1. The van der Waals surface area contributed by atoms with Crippen molar-refractivity contribution in [2.75, 3.05) is 13.2 Å². The SMILES string of the molecule is O=Nc1ccc(F)cc1OC1COC2C(O)COC12. The Morgan fingerprint density at radius 1 is 1.32 bits per heavy atom. The molecule has 1 aromatic rings. The minimum Gasteiger partial charge on any atom is -0.483 e. The normalized spacial score (nSPS) is 33.2. The van der Waals surface area contributed by atoms with Crippen molar-refractivity contribution in [2.45, 2.75) is 24.4 Å². The van der Waals surface area contributed by atoms with Gasteiger partial charge in [-0.2, -0.15) is 0 Å². The van der Waals surface area contributed by atoms with Gasteiger partial charge in [-0.3, -0.25) is 0 Å². The second-order valence-corrected chi connectivity index (χ2v) is 4.52. The van der Waals surface area contributed by atoms with Gasteiger partial charge >= 0.3 is 0 Å². The third kappa shape index (κ3) is 2.20. The summed E-state index contributed by atoms with van der Waals surface area (Å²) in [6, 6.07) is 3.47. The zero-order valence-corrected chi connectivity index (χ0v) is 9.86. The molecule has 0 bridgehead atoms. The summed E-state index contributed by atoms with van der Waals surface area (Å²) in [5.74, 6) is -0.473. The molecule has 6 nitrogen and oxygen atoms in total. The minimum absolute atomic E-state index is 0.0170. The molecule has 0 aromatic heterocycles. The van der Waals surface area contributed by atoms with Crippen molar-refractivity contribution in [3.8, 4) is 5.75 Å². The molecule has 2 aliphatic heterocycles. The van der Waals surface area contributed by atoms with Crippen molar-refractivity contribution in [2.24, 2.45) is 5.18 Å². The lowest BCUT2D eigenvalue weighted by molar-refractivity contribution is 0.00868. The van der Waals surface area contributed by atoms with Gasteiger partial charge in [0.05, 0.1) is 13.2 Å². The summed E-state index contributed by atoms with van der Waals surface area (Å²) in [6.45, 7) is 0.387. The van der Waals surface area contributed by atoms with Crippen LogP contribution in [0, 0.1) is 10.7 Å². The van der Waals surface area contributed by atoms with E-state index in [0.717, 1.165) is 12.1 Å². The first kappa shape index (κ1) is 12.5. The number of hydrogen-bond acceptors (Lipinski definition) is 6. The van der Waals surface area contributed by atoms with Crippen molar-refractivity contribution in [1.82, 2.24) is 0 Å². The van der Waals surface area contributed by atoms with Crippen LogP contribution in [0.1, 0.15) is 0 Å². The van der Waals surface area contributed by atoms with E-state index in [-0.39, 0.29) is 24.7 Å². The van der Waals surface area contributed by atoms with E-state index in [1.807, 2.05) is 0 Å². The van der Waals surface area contributed by atoms with Crippen molar-refractivity contribution >= 4 is 5.69 Å². The van der Waals surface area contributed by atoms with Gasteiger partial charge in [0, 0.05) is 6.07 Å². The van der Waals surface area contributed by atoms with Gasteiger partial charge in [-0.05, 0) is 17.3 Å². The molecule has 0 aliphatic carbocycles. The zero-order chi connectivity index (χ0) is 13.4. The molecule has 0 radical (unpaired) electrons. The fraction of sp³-hybridized carbons (Fsp3) is 0.500. The third-order valence-corrected chi connectivity index (χ3v) is 3.28. The second kappa shape index (κ2) is 4.84. The van der Waals surface area contributed by atoms with Gasteiger partial charge in [0.25, 0.3) is 0 Å². The van der Waals surface area contributed by atoms with Crippen molar-refractivity contribution in [3.05, 3.63) is 28.9 Å². The molecule has 0 spiro atoms. The molecule has 2 aliphatic rings. The number of halogens is 1. The fourth-order valence-corrected chi connectivity index (χ4v) is 2.37. The molecule has 0 saturated carbocycles. The lowest BCUT2D eigenvalue weighted by Gasteiger charge is -2.18. The van der Waals surface area contributed by atoms with Crippen LogP contribution in [0.5, 0.6) is 5.75 Å². The molecule has 2 saturated heterocycles. The van der Waals surface area contributed by atoms with E-state index >= 15 is 0 Å². The summed E-state index contributed by atoms with van der Waals surface area (Å²) in [5.41, 5.74) is 0.0170. The maximum absolute atomic E-state index is 13.2. The lowest BCUT2D eigenvalue weighted by atomic mass is 10.1. The molecule has 102 valence electrons. The van der Waals surface area contributed by atoms with Gasteiger partial charge in [-0.15, -0.1) is 4.91 Å². The average molecular weight is 269 g/mol. The zero-order valence-electron chi connectivity index (χ0n) is 9.86. The first-order valence-electron chi connectivity index (χ1n) is 5.90. The van der Waals surface area contributed by atoms with Crippen LogP contribution in [0.25, 0.3) is 0 Å². The lowest BCUT2D eigenvalue weighted by Crippen LogP contribution is -2.34. The van der Waals surface area contributed by atoms with Gasteiger partial charge in [0.15, 0.2) is 11.9 Å². The largest absolute Gasteiger partial charge is 0.483 e. The minimum atomic E-state index is -0.685. The van der Waals surface area contributed by atoms with Crippen LogP contribution in [0.2, 0.25) is 0 Å². The van der Waals surface area contributed by atoms with Crippen LogP contribution in [0.15, 0.2) is 23.4 Å². The van der Waals surface area contributed by atoms with Gasteiger partial charge in [0.1, 0.15) is 29.8 Å². The van der Waals surface area contributed by atoms with Gasteiger partial charge in [-0.1, -0.05) is 0 Å². The number of aliphatic hydroxyl groups excluding tert-OH is 1. The average Bonchev–Trinajstić information content (AvgIpc) is 2.95. The Morgan fingerprint density at radius 2 is 2.11 bits per heavy atom. The Labute approximate surface area is 108 Å². The number of rotatable bonds is 3. The Hall–Kier alpha value is -1.57. The standard InChI is InChI=1S/C12H12FNO5/c13-6-1-2-7(14-16)9(3-6)19-10-5-18-11-8(15)4-17-12(10)11/h1-3,8,10-12,15H,4-5H2. The Kier molecular flexibility index (Phi) is 3.17. The van der Waals surface area contributed by atoms with Gasteiger partial charge in [-0.25, -0.2) is 4.39 Å². The summed E-state index contributed by atoms with van der Waals surface area (Å²) in [4.78, 5) is 10.6. The number of nitrogens with zero attached hydrogens (tertiary/aromatic N) is 1. The molecule has 2 fully saturated rings. The number of nitroso groups, excluding NO2 is 1. The van der Waals surface area contributed by atoms with E-state index in [1.54, 1.807) is 0 Å². The van der Waals surface area contributed by atoms with Crippen LogP contribution in [0.3, 0.4) is 0 Å². The Bertz CT molecular complexity index is 497.